The monoisotopic (exact) mass is 926 g/mol. The van der Waals surface area contributed by atoms with Gasteiger partial charge < -0.3 is 17.7 Å². The van der Waals surface area contributed by atoms with Crippen LogP contribution in [0.3, 0.4) is 0 Å². The van der Waals surface area contributed by atoms with Gasteiger partial charge in [0.2, 0.25) is 11.8 Å². The molecular formula is C66H42N2O4. The standard InChI is InChI=1S/C66H42N2O4/c1-5-17-45(18-6-1)61-55-39-37-54-53(63(55)71-65(61)67(49-23-9-3-10-24-49)51-33-29-43(30-34-51)59-41-47-21-13-15-27-57(47)69-59)38-40-56-62(46-19-7-2-8-20-46)66(72-64(54)56)68(50-25-11-4-12-26-50)52-35-31-44(32-36-52)60-42-48-22-14-16-28-58(48)70-60/h1-42H. The molecule has 4 heterocycles. The maximum Gasteiger partial charge on any atom is 0.213 e. The van der Waals surface area contributed by atoms with Crippen molar-refractivity contribution in [3.05, 3.63) is 255 Å². The molecule has 0 saturated heterocycles. The minimum atomic E-state index is 0.706. The minimum Gasteiger partial charge on any atom is -0.456 e. The van der Waals surface area contributed by atoms with Crippen LogP contribution in [0.5, 0.6) is 0 Å². The fraction of sp³-hybridized carbons (Fsp3) is 0. The summed E-state index contributed by atoms with van der Waals surface area (Å²) in [4.78, 5) is 4.43. The van der Waals surface area contributed by atoms with Crippen molar-refractivity contribution >= 4 is 89.2 Å². The lowest BCUT2D eigenvalue weighted by Gasteiger charge is -2.24. The molecule has 6 heteroatoms. The van der Waals surface area contributed by atoms with Gasteiger partial charge in [-0.1, -0.05) is 133 Å². The summed E-state index contributed by atoms with van der Waals surface area (Å²) in [6.45, 7) is 0. The average molecular weight is 927 g/mol. The first-order valence-electron chi connectivity index (χ1n) is 24.1. The van der Waals surface area contributed by atoms with Crippen LogP contribution in [0.1, 0.15) is 0 Å². The highest BCUT2D eigenvalue weighted by molar-refractivity contribution is 6.21. The number of benzene rings is 10. The normalized spacial score (nSPS) is 11.6. The predicted octanol–water partition coefficient (Wildman–Crippen LogP) is 19.4. The summed E-state index contributed by atoms with van der Waals surface area (Å²) in [5.74, 6) is 3.05. The van der Waals surface area contributed by atoms with Crippen molar-refractivity contribution in [3.8, 4) is 44.9 Å². The number of fused-ring (bicyclic) bond motifs is 7. The van der Waals surface area contributed by atoms with Crippen molar-refractivity contribution in [1.82, 2.24) is 0 Å². The highest BCUT2D eigenvalue weighted by atomic mass is 16.4. The number of furan rings is 4. The van der Waals surface area contributed by atoms with E-state index < -0.39 is 0 Å². The van der Waals surface area contributed by atoms with Gasteiger partial charge in [0.05, 0.1) is 11.1 Å². The number of hydrogen-bond acceptors (Lipinski definition) is 6. The number of rotatable bonds is 10. The van der Waals surface area contributed by atoms with Crippen LogP contribution in [-0.2, 0) is 0 Å². The first kappa shape index (κ1) is 41.2. The fourth-order valence-electron chi connectivity index (χ4n) is 10.3. The molecule has 14 rings (SSSR count). The Hall–Kier alpha value is -9.78. The van der Waals surface area contributed by atoms with Gasteiger partial charge >= 0.3 is 0 Å². The second-order valence-corrected chi connectivity index (χ2v) is 18.0. The molecular weight excluding hydrogens is 885 g/mol. The van der Waals surface area contributed by atoms with Crippen LogP contribution < -0.4 is 9.80 Å². The van der Waals surface area contributed by atoms with Crippen molar-refractivity contribution < 1.29 is 17.7 Å². The molecule has 72 heavy (non-hydrogen) atoms. The Morgan fingerprint density at radius 3 is 0.972 bits per heavy atom. The maximum atomic E-state index is 7.36. The predicted molar refractivity (Wildman–Crippen MR) is 294 cm³/mol. The number of nitrogens with zero attached hydrogens (tertiary/aromatic N) is 2. The van der Waals surface area contributed by atoms with Crippen LogP contribution in [0.2, 0.25) is 0 Å². The Morgan fingerprint density at radius 1 is 0.250 bits per heavy atom. The molecule has 340 valence electrons. The van der Waals surface area contributed by atoms with Crippen LogP contribution in [-0.4, -0.2) is 0 Å². The smallest absolute Gasteiger partial charge is 0.213 e. The molecule has 0 atom stereocenters. The topological polar surface area (TPSA) is 59.0 Å². The molecule has 0 aliphatic heterocycles. The molecule has 0 bridgehead atoms. The van der Waals surface area contributed by atoms with E-state index in [4.69, 9.17) is 17.7 Å². The van der Waals surface area contributed by atoms with E-state index in [9.17, 15) is 0 Å². The molecule has 0 N–H and O–H groups in total. The van der Waals surface area contributed by atoms with E-state index in [1.54, 1.807) is 0 Å². The third-order valence-electron chi connectivity index (χ3n) is 13.7. The largest absolute Gasteiger partial charge is 0.456 e. The van der Waals surface area contributed by atoms with Crippen molar-refractivity contribution in [1.29, 1.82) is 0 Å². The Balaban J connectivity index is 0.959. The van der Waals surface area contributed by atoms with Gasteiger partial charge in [-0.25, -0.2) is 0 Å². The van der Waals surface area contributed by atoms with Crippen LogP contribution in [0.4, 0.5) is 34.5 Å². The molecule has 0 fully saturated rings. The molecule has 14 aromatic rings. The lowest BCUT2D eigenvalue weighted by Crippen LogP contribution is -2.10. The molecule has 0 saturated carbocycles. The van der Waals surface area contributed by atoms with Crippen LogP contribution >= 0.6 is 0 Å². The van der Waals surface area contributed by atoms with E-state index in [0.29, 0.717) is 11.8 Å². The summed E-state index contributed by atoms with van der Waals surface area (Å²) in [5.41, 5.74) is 13.1. The Bertz CT molecular complexity index is 3900. The summed E-state index contributed by atoms with van der Waals surface area (Å²) >= 11 is 0. The molecule has 0 radical (unpaired) electrons. The van der Waals surface area contributed by atoms with Gasteiger partial charge in [0.15, 0.2) is 0 Å². The second-order valence-electron chi connectivity index (χ2n) is 18.0. The molecule has 0 aliphatic rings. The molecule has 10 aromatic carbocycles. The Kier molecular flexibility index (Phi) is 9.74. The zero-order chi connectivity index (χ0) is 47.5. The summed E-state index contributed by atoms with van der Waals surface area (Å²) in [6, 6.07) is 88.1. The average Bonchev–Trinajstić information content (AvgIpc) is 4.26. The van der Waals surface area contributed by atoms with Gasteiger partial charge in [0.1, 0.15) is 33.9 Å². The van der Waals surface area contributed by atoms with Gasteiger partial charge in [0, 0.05) is 66.2 Å². The zero-order valence-electron chi connectivity index (χ0n) is 38.8. The molecule has 4 aromatic heterocycles. The first-order valence-corrected chi connectivity index (χ1v) is 24.1. The molecule has 0 spiro atoms. The van der Waals surface area contributed by atoms with E-state index in [0.717, 1.165) is 122 Å². The molecule has 6 nitrogen and oxygen atoms in total. The SMILES string of the molecule is c1ccc(-c2c(N(c3ccccc3)c3ccc(-c4cc5ccccc5o4)cc3)oc3c2ccc2c3ccc3c(-c4ccccc4)c(N(c4ccccc4)c4ccc(-c5cc6ccccc6o5)cc4)oc32)cc1. The molecule has 0 unspecified atom stereocenters. The summed E-state index contributed by atoms with van der Waals surface area (Å²) < 4.78 is 27.3. The van der Waals surface area contributed by atoms with Crippen molar-refractivity contribution in [3.63, 3.8) is 0 Å². The summed E-state index contributed by atoms with van der Waals surface area (Å²) in [7, 11) is 0. The molecule has 0 amide bonds. The lowest BCUT2D eigenvalue weighted by atomic mass is 9.97. The van der Waals surface area contributed by atoms with Gasteiger partial charge in [-0.15, -0.1) is 0 Å². The zero-order valence-corrected chi connectivity index (χ0v) is 38.8. The third-order valence-corrected chi connectivity index (χ3v) is 13.7. The quantitative estimate of drug-likeness (QED) is 0.136. The van der Waals surface area contributed by atoms with Crippen LogP contribution in [0.15, 0.2) is 272 Å². The van der Waals surface area contributed by atoms with E-state index >= 15 is 0 Å². The maximum absolute atomic E-state index is 7.36. The van der Waals surface area contributed by atoms with Crippen molar-refractivity contribution in [2.45, 2.75) is 0 Å². The van der Waals surface area contributed by atoms with Gasteiger partial charge in [0.25, 0.3) is 0 Å². The second kappa shape index (κ2) is 17.0. The number of anilines is 6. The van der Waals surface area contributed by atoms with Crippen LogP contribution in [0, 0.1) is 0 Å². The van der Waals surface area contributed by atoms with Crippen molar-refractivity contribution in [2.24, 2.45) is 0 Å². The van der Waals surface area contributed by atoms with E-state index in [2.05, 4.69) is 216 Å². The van der Waals surface area contributed by atoms with Gasteiger partial charge in [-0.2, -0.15) is 0 Å². The Labute approximate surface area is 414 Å². The van der Waals surface area contributed by atoms with Gasteiger partial charge in [-0.05, 0) is 132 Å². The van der Waals surface area contributed by atoms with Crippen molar-refractivity contribution in [2.75, 3.05) is 9.80 Å². The van der Waals surface area contributed by atoms with E-state index in [-0.39, 0.29) is 0 Å². The Morgan fingerprint density at radius 2 is 0.583 bits per heavy atom. The summed E-state index contributed by atoms with van der Waals surface area (Å²) in [6.07, 6.45) is 0. The highest BCUT2D eigenvalue weighted by Crippen LogP contribution is 2.52. The number of hydrogen-bond donors (Lipinski definition) is 0. The fourth-order valence-corrected chi connectivity index (χ4v) is 10.3. The molecule has 0 aliphatic carbocycles. The highest BCUT2D eigenvalue weighted by Gasteiger charge is 2.29. The van der Waals surface area contributed by atoms with Gasteiger partial charge in [-0.3, -0.25) is 9.80 Å². The van der Waals surface area contributed by atoms with E-state index in [1.807, 2.05) is 48.5 Å². The minimum absolute atomic E-state index is 0.706. The third kappa shape index (κ3) is 6.96. The summed E-state index contributed by atoms with van der Waals surface area (Å²) in [5, 5.41) is 6.02. The van der Waals surface area contributed by atoms with Crippen LogP contribution in [0.25, 0.3) is 99.6 Å². The first-order chi connectivity index (χ1) is 35.7. The lowest BCUT2D eigenvalue weighted by molar-refractivity contribution is 0.622. The number of para-hydroxylation sites is 4. The van der Waals surface area contributed by atoms with E-state index in [1.165, 1.54) is 0 Å².